The molecule has 142 valence electrons. The Hall–Kier alpha value is -2.65. The van der Waals surface area contributed by atoms with Gasteiger partial charge in [0.05, 0.1) is 23.8 Å². The second-order valence-corrected chi connectivity index (χ2v) is 8.41. The molecular weight excluding hydrogens is 344 g/mol. The Kier molecular flexibility index (Phi) is 4.21. The fourth-order valence-corrected chi connectivity index (χ4v) is 5.21. The first-order valence-corrected chi connectivity index (χ1v) is 10.2. The summed E-state index contributed by atoms with van der Waals surface area (Å²) in [6, 6.07) is 20.5. The van der Waals surface area contributed by atoms with Crippen LogP contribution in [0.2, 0.25) is 0 Å². The molecule has 0 spiro atoms. The van der Waals surface area contributed by atoms with Gasteiger partial charge in [0.15, 0.2) is 0 Å². The Morgan fingerprint density at radius 3 is 2.54 bits per heavy atom. The molecule has 0 saturated heterocycles. The van der Waals surface area contributed by atoms with Crippen LogP contribution in [0, 0.1) is 11.3 Å². The fourth-order valence-electron chi connectivity index (χ4n) is 5.21. The third kappa shape index (κ3) is 2.73. The van der Waals surface area contributed by atoms with E-state index in [0.29, 0.717) is 0 Å². The number of nitrogens with zero attached hydrogens (tertiary/aromatic N) is 2. The molecule has 2 aromatic carbocycles. The van der Waals surface area contributed by atoms with Crippen molar-refractivity contribution in [3.63, 3.8) is 0 Å². The largest absolute Gasteiger partial charge is 0.388 e. The van der Waals surface area contributed by atoms with Crippen LogP contribution in [0.4, 0.5) is 0 Å². The van der Waals surface area contributed by atoms with Crippen LogP contribution >= 0.6 is 0 Å². The van der Waals surface area contributed by atoms with E-state index in [0.717, 1.165) is 42.6 Å². The second kappa shape index (κ2) is 6.75. The minimum atomic E-state index is -0.437. The SMILES string of the molecule is C[C@]12Cn3cnc(-c4ccccc4)c3C=C1CCC[C@@H]2[C@H](O)c1ccccc1. The molecule has 3 aromatic rings. The van der Waals surface area contributed by atoms with E-state index in [-0.39, 0.29) is 11.3 Å². The van der Waals surface area contributed by atoms with Crippen LogP contribution in [-0.2, 0) is 6.54 Å². The molecule has 3 heteroatoms. The number of rotatable bonds is 3. The highest BCUT2D eigenvalue weighted by molar-refractivity contribution is 5.72. The van der Waals surface area contributed by atoms with Crippen LogP contribution in [0.25, 0.3) is 17.3 Å². The fraction of sp³-hybridized carbons (Fsp3) is 0.320. The average molecular weight is 370 g/mol. The monoisotopic (exact) mass is 370 g/mol. The molecular formula is C25H26N2O. The average Bonchev–Trinajstić information content (AvgIpc) is 3.14. The molecule has 3 nitrogen and oxygen atoms in total. The number of allylic oxidation sites excluding steroid dienone is 1. The van der Waals surface area contributed by atoms with E-state index in [1.165, 1.54) is 11.3 Å². The number of aromatic nitrogens is 2. The van der Waals surface area contributed by atoms with Gasteiger partial charge in [0, 0.05) is 17.5 Å². The third-order valence-corrected chi connectivity index (χ3v) is 6.77. The summed E-state index contributed by atoms with van der Waals surface area (Å²) in [6.45, 7) is 3.21. The summed E-state index contributed by atoms with van der Waals surface area (Å²) in [6.07, 6.45) is 7.17. The Morgan fingerprint density at radius 2 is 1.79 bits per heavy atom. The van der Waals surface area contributed by atoms with Crippen molar-refractivity contribution in [2.75, 3.05) is 0 Å². The molecule has 1 aliphatic carbocycles. The van der Waals surface area contributed by atoms with Crippen molar-refractivity contribution in [3.05, 3.63) is 83.8 Å². The maximum Gasteiger partial charge on any atom is 0.0958 e. The lowest BCUT2D eigenvalue weighted by molar-refractivity contribution is 0.0124. The van der Waals surface area contributed by atoms with Gasteiger partial charge in [-0.2, -0.15) is 0 Å². The Balaban J connectivity index is 1.54. The number of hydrogen-bond acceptors (Lipinski definition) is 2. The molecule has 3 atom stereocenters. The summed E-state index contributed by atoms with van der Waals surface area (Å²) in [4.78, 5) is 4.74. The normalized spacial score (nSPS) is 24.8. The molecule has 1 aliphatic heterocycles. The van der Waals surface area contributed by atoms with E-state index in [9.17, 15) is 5.11 Å². The molecule has 1 saturated carbocycles. The van der Waals surface area contributed by atoms with Gasteiger partial charge in [0.1, 0.15) is 0 Å². The van der Waals surface area contributed by atoms with Gasteiger partial charge in [-0.15, -0.1) is 0 Å². The van der Waals surface area contributed by atoms with Crippen molar-refractivity contribution in [3.8, 4) is 11.3 Å². The predicted molar refractivity (Wildman–Crippen MR) is 112 cm³/mol. The zero-order chi connectivity index (χ0) is 19.1. The zero-order valence-corrected chi connectivity index (χ0v) is 16.3. The topological polar surface area (TPSA) is 38.0 Å². The molecule has 1 fully saturated rings. The lowest BCUT2D eigenvalue weighted by Gasteiger charge is -2.48. The van der Waals surface area contributed by atoms with Crippen molar-refractivity contribution in [2.24, 2.45) is 11.3 Å². The molecule has 2 aliphatic rings. The Bertz CT molecular complexity index is 1010. The summed E-state index contributed by atoms with van der Waals surface area (Å²) in [7, 11) is 0. The third-order valence-electron chi connectivity index (χ3n) is 6.77. The number of imidazole rings is 1. The standard InChI is InChI=1S/C25H26N2O/c1-25-16-27-17-26-23(18-9-4-2-5-10-18)22(27)15-20(25)13-8-14-21(25)24(28)19-11-6-3-7-12-19/h2-7,9-12,15,17,21,24,28H,8,13-14,16H2,1H3/t21-,24-,25+/m1/s1. The highest BCUT2D eigenvalue weighted by Gasteiger charge is 2.46. The predicted octanol–water partition coefficient (Wildman–Crippen LogP) is 5.49. The van der Waals surface area contributed by atoms with Crippen LogP contribution in [-0.4, -0.2) is 14.7 Å². The van der Waals surface area contributed by atoms with Crippen molar-refractivity contribution in [2.45, 2.75) is 38.8 Å². The molecule has 0 radical (unpaired) electrons. The summed E-state index contributed by atoms with van der Waals surface area (Å²) < 4.78 is 2.28. The Morgan fingerprint density at radius 1 is 1.07 bits per heavy atom. The molecule has 0 bridgehead atoms. The maximum atomic E-state index is 11.2. The molecule has 0 amide bonds. The summed E-state index contributed by atoms with van der Waals surface area (Å²) in [5, 5.41) is 11.2. The minimum absolute atomic E-state index is 0.0465. The first-order valence-electron chi connectivity index (χ1n) is 10.2. The van der Waals surface area contributed by atoms with E-state index >= 15 is 0 Å². The van der Waals surface area contributed by atoms with Crippen LogP contribution in [0.5, 0.6) is 0 Å². The zero-order valence-electron chi connectivity index (χ0n) is 16.3. The van der Waals surface area contributed by atoms with Gasteiger partial charge in [-0.3, -0.25) is 0 Å². The van der Waals surface area contributed by atoms with Crippen LogP contribution < -0.4 is 0 Å². The minimum Gasteiger partial charge on any atom is -0.388 e. The van der Waals surface area contributed by atoms with Gasteiger partial charge in [-0.05, 0) is 36.8 Å². The van der Waals surface area contributed by atoms with Crippen molar-refractivity contribution >= 4 is 6.08 Å². The van der Waals surface area contributed by atoms with E-state index in [1.54, 1.807) is 0 Å². The molecule has 1 aromatic heterocycles. The number of aliphatic hydroxyl groups is 1. The first kappa shape index (κ1) is 17.4. The van der Waals surface area contributed by atoms with Gasteiger partial charge in [-0.1, -0.05) is 73.2 Å². The van der Waals surface area contributed by atoms with Gasteiger partial charge in [-0.25, -0.2) is 4.98 Å². The van der Waals surface area contributed by atoms with Crippen molar-refractivity contribution in [1.82, 2.24) is 9.55 Å². The molecule has 2 heterocycles. The molecule has 1 N–H and O–H groups in total. The lowest BCUT2D eigenvalue weighted by atomic mass is 9.60. The lowest BCUT2D eigenvalue weighted by Crippen LogP contribution is -2.42. The highest BCUT2D eigenvalue weighted by atomic mass is 16.3. The summed E-state index contributed by atoms with van der Waals surface area (Å²) in [5.41, 5.74) is 5.86. The van der Waals surface area contributed by atoms with E-state index in [2.05, 4.69) is 41.8 Å². The van der Waals surface area contributed by atoms with E-state index < -0.39 is 6.10 Å². The van der Waals surface area contributed by atoms with E-state index in [4.69, 9.17) is 4.98 Å². The maximum absolute atomic E-state index is 11.2. The Labute approximate surface area is 166 Å². The number of hydrogen-bond donors (Lipinski definition) is 1. The second-order valence-electron chi connectivity index (χ2n) is 8.41. The van der Waals surface area contributed by atoms with Gasteiger partial charge in [0.2, 0.25) is 0 Å². The van der Waals surface area contributed by atoms with Crippen molar-refractivity contribution < 1.29 is 5.11 Å². The van der Waals surface area contributed by atoms with Crippen LogP contribution in [0.1, 0.15) is 43.5 Å². The van der Waals surface area contributed by atoms with E-state index in [1.807, 2.05) is 42.7 Å². The van der Waals surface area contributed by atoms with Gasteiger partial charge >= 0.3 is 0 Å². The number of benzene rings is 2. The summed E-state index contributed by atoms with van der Waals surface area (Å²) in [5.74, 6) is 0.214. The first-order chi connectivity index (χ1) is 13.7. The highest BCUT2D eigenvalue weighted by Crippen LogP contribution is 2.53. The molecule has 28 heavy (non-hydrogen) atoms. The molecule has 0 unspecified atom stereocenters. The number of aliphatic hydroxyl groups excluding tert-OH is 1. The van der Waals surface area contributed by atoms with Crippen molar-refractivity contribution in [1.29, 1.82) is 0 Å². The van der Waals surface area contributed by atoms with Gasteiger partial charge < -0.3 is 9.67 Å². The quantitative estimate of drug-likeness (QED) is 0.662. The van der Waals surface area contributed by atoms with Gasteiger partial charge in [0.25, 0.3) is 0 Å². The molecule has 5 rings (SSSR count). The van der Waals surface area contributed by atoms with Crippen LogP contribution in [0.3, 0.4) is 0 Å². The summed E-state index contributed by atoms with van der Waals surface area (Å²) >= 11 is 0. The van der Waals surface area contributed by atoms with Crippen LogP contribution in [0.15, 0.2) is 72.6 Å². The smallest absolute Gasteiger partial charge is 0.0958 e. The number of fused-ring (bicyclic) bond motifs is 2.